The number of rotatable bonds is 4. The van der Waals surface area contributed by atoms with Crippen molar-refractivity contribution in [1.29, 1.82) is 0 Å². The van der Waals surface area contributed by atoms with Gasteiger partial charge in [0.2, 0.25) is 0 Å². The summed E-state index contributed by atoms with van der Waals surface area (Å²) in [5.74, 6) is 0. The summed E-state index contributed by atoms with van der Waals surface area (Å²) < 4.78 is 43.0. The normalized spacial score (nSPS) is 12.3. The summed E-state index contributed by atoms with van der Waals surface area (Å²) >= 11 is 6.31. The number of hydrogen-bond donors (Lipinski definition) is 0. The number of hydrogen-bond acceptors (Lipinski definition) is 2. The summed E-state index contributed by atoms with van der Waals surface area (Å²) in [6.45, 7) is 1.67. The average molecular weight is 393 g/mol. The van der Waals surface area contributed by atoms with Gasteiger partial charge in [-0.3, -0.25) is 9.67 Å². The molecule has 140 valence electrons. The molecule has 0 aliphatic heterocycles. The van der Waals surface area contributed by atoms with E-state index in [4.69, 9.17) is 11.6 Å². The van der Waals surface area contributed by atoms with Crippen molar-refractivity contribution in [2.24, 2.45) is 0 Å². The molecule has 0 saturated carbocycles. The third kappa shape index (κ3) is 3.27. The highest BCUT2D eigenvalue weighted by Crippen LogP contribution is 2.39. The predicted molar refractivity (Wildman–Crippen MR) is 99.8 cm³/mol. The molecule has 27 heavy (non-hydrogen) atoms. The Labute approximate surface area is 158 Å². The van der Waals surface area contributed by atoms with Gasteiger partial charge in [0.05, 0.1) is 23.4 Å². The fourth-order valence-electron chi connectivity index (χ4n) is 3.46. The summed E-state index contributed by atoms with van der Waals surface area (Å²) in [5.41, 5.74) is 2.26. The van der Waals surface area contributed by atoms with Gasteiger partial charge in [0.15, 0.2) is 0 Å². The Morgan fingerprint density at radius 1 is 1.15 bits per heavy atom. The van der Waals surface area contributed by atoms with E-state index in [0.717, 1.165) is 18.5 Å². The Bertz CT molecular complexity index is 1130. The topological polar surface area (TPSA) is 35.6 Å². The van der Waals surface area contributed by atoms with Crippen LogP contribution in [0.3, 0.4) is 0 Å². The van der Waals surface area contributed by atoms with Gasteiger partial charge >= 0.3 is 6.18 Å². The monoisotopic (exact) mass is 392 g/mol. The summed E-state index contributed by atoms with van der Waals surface area (Å²) in [6, 6.07) is 5.10. The van der Waals surface area contributed by atoms with Crippen LogP contribution in [0.1, 0.15) is 13.3 Å². The van der Waals surface area contributed by atoms with Crippen molar-refractivity contribution < 1.29 is 13.2 Å². The van der Waals surface area contributed by atoms with E-state index >= 15 is 0 Å². The molecule has 0 saturated heterocycles. The average Bonchev–Trinajstić information content (AvgIpc) is 3.18. The number of fused-ring (bicyclic) bond motifs is 3. The Morgan fingerprint density at radius 3 is 2.70 bits per heavy atom. The Balaban J connectivity index is 2.06. The molecule has 4 aromatic rings. The highest BCUT2D eigenvalue weighted by Gasteiger charge is 2.30. The second kappa shape index (κ2) is 6.56. The molecule has 8 heteroatoms. The summed E-state index contributed by atoms with van der Waals surface area (Å²) in [7, 11) is 0. The zero-order chi connectivity index (χ0) is 19.2. The van der Waals surface area contributed by atoms with Gasteiger partial charge in [-0.1, -0.05) is 18.5 Å². The van der Waals surface area contributed by atoms with Crippen LogP contribution in [0.25, 0.3) is 32.9 Å². The minimum Gasteiger partial charge on any atom is -0.329 e. The maximum atomic E-state index is 13.3. The summed E-state index contributed by atoms with van der Waals surface area (Å²) in [6.07, 6.45) is 3.07. The third-order valence-electron chi connectivity index (χ3n) is 4.46. The van der Waals surface area contributed by atoms with Crippen molar-refractivity contribution in [1.82, 2.24) is 19.3 Å². The van der Waals surface area contributed by atoms with Gasteiger partial charge in [0, 0.05) is 45.9 Å². The first kappa shape index (κ1) is 17.9. The molecule has 1 aromatic carbocycles. The smallest absolute Gasteiger partial charge is 0.329 e. The van der Waals surface area contributed by atoms with E-state index in [-0.39, 0.29) is 0 Å². The number of alkyl halides is 3. The lowest BCUT2D eigenvalue weighted by atomic mass is 10.0. The quantitative estimate of drug-likeness (QED) is 0.448. The molecular formula is C19H16ClF3N4. The summed E-state index contributed by atoms with van der Waals surface area (Å²) in [4.78, 5) is 4.01. The number of aromatic nitrogens is 4. The van der Waals surface area contributed by atoms with E-state index in [1.807, 2.05) is 13.1 Å². The van der Waals surface area contributed by atoms with E-state index in [2.05, 4.69) is 10.1 Å². The fourth-order valence-corrected chi connectivity index (χ4v) is 3.68. The number of aryl methyl sites for hydroxylation is 1. The van der Waals surface area contributed by atoms with Crippen LogP contribution in [-0.4, -0.2) is 25.5 Å². The lowest BCUT2D eigenvalue weighted by Gasteiger charge is -2.13. The highest BCUT2D eigenvalue weighted by atomic mass is 35.5. The van der Waals surface area contributed by atoms with Crippen molar-refractivity contribution in [2.75, 3.05) is 0 Å². The lowest BCUT2D eigenvalue weighted by Crippen LogP contribution is -2.17. The molecule has 0 spiro atoms. The van der Waals surface area contributed by atoms with Crippen molar-refractivity contribution in [3.05, 3.63) is 48.0 Å². The van der Waals surface area contributed by atoms with Gasteiger partial charge in [-0.05, 0) is 24.6 Å². The third-order valence-corrected chi connectivity index (χ3v) is 4.68. The Hall–Kier alpha value is -2.54. The second-order valence-electron chi connectivity index (χ2n) is 6.44. The maximum Gasteiger partial charge on any atom is 0.406 e. The SMILES string of the molecule is CCCn1cc(-c2cc(Cl)cc3c4ccncc4n(CC(F)(F)F)c23)cn1. The van der Waals surface area contributed by atoms with Crippen molar-refractivity contribution in [3.63, 3.8) is 0 Å². The molecule has 0 fully saturated rings. The predicted octanol–water partition coefficient (Wildman–Crippen LogP) is 5.68. The van der Waals surface area contributed by atoms with Crippen LogP contribution in [0.4, 0.5) is 13.2 Å². The molecule has 0 unspecified atom stereocenters. The highest BCUT2D eigenvalue weighted by molar-refractivity contribution is 6.32. The number of nitrogens with zero attached hydrogens (tertiary/aromatic N) is 4. The number of benzene rings is 1. The van der Waals surface area contributed by atoms with Crippen LogP contribution in [-0.2, 0) is 13.1 Å². The van der Waals surface area contributed by atoms with Crippen LogP contribution < -0.4 is 0 Å². The molecular weight excluding hydrogens is 377 g/mol. The van der Waals surface area contributed by atoms with Gasteiger partial charge in [-0.2, -0.15) is 18.3 Å². The van der Waals surface area contributed by atoms with E-state index < -0.39 is 12.7 Å². The van der Waals surface area contributed by atoms with Crippen LogP contribution in [0, 0.1) is 0 Å². The van der Waals surface area contributed by atoms with Crippen molar-refractivity contribution >= 4 is 33.4 Å². The molecule has 0 N–H and O–H groups in total. The molecule has 0 bridgehead atoms. The largest absolute Gasteiger partial charge is 0.406 e. The zero-order valence-corrected chi connectivity index (χ0v) is 15.2. The molecule has 0 aliphatic rings. The van der Waals surface area contributed by atoms with Crippen LogP contribution in [0.2, 0.25) is 5.02 Å². The maximum absolute atomic E-state index is 13.3. The zero-order valence-electron chi connectivity index (χ0n) is 14.5. The molecule has 4 nitrogen and oxygen atoms in total. The molecule has 3 aromatic heterocycles. The summed E-state index contributed by atoms with van der Waals surface area (Å²) in [5, 5.41) is 6.13. The molecule has 0 amide bonds. The van der Waals surface area contributed by atoms with Crippen molar-refractivity contribution in [2.45, 2.75) is 32.6 Å². The first-order chi connectivity index (χ1) is 12.9. The molecule has 3 heterocycles. The van der Waals surface area contributed by atoms with E-state index in [1.54, 1.807) is 35.3 Å². The molecule has 4 rings (SSSR count). The van der Waals surface area contributed by atoms with E-state index in [9.17, 15) is 13.2 Å². The Kier molecular flexibility index (Phi) is 4.34. The van der Waals surface area contributed by atoms with Gasteiger partial charge < -0.3 is 4.57 Å². The van der Waals surface area contributed by atoms with Crippen LogP contribution in [0.5, 0.6) is 0 Å². The second-order valence-corrected chi connectivity index (χ2v) is 6.87. The molecule has 0 aliphatic carbocycles. The van der Waals surface area contributed by atoms with E-state index in [1.165, 1.54) is 10.8 Å². The molecule has 0 atom stereocenters. The van der Waals surface area contributed by atoms with Crippen LogP contribution in [0.15, 0.2) is 43.0 Å². The van der Waals surface area contributed by atoms with Crippen LogP contribution >= 0.6 is 11.6 Å². The van der Waals surface area contributed by atoms with Crippen molar-refractivity contribution in [3.8, 4) is 11.1 Å². The van der Waals surface area contributed by atoms with Gasteiger partial charge in [-0.25, -0.2) is 0 Å². The lowest BCUT2D eigenvalue weighted by molar-refractivity contribution is -0.139. The minimum atomic E-state index is -4.36. The minimum absolute atomic E-state index is 0.425. The fraction of sp³-hybridized carbons (Fsp3) is 0.263. The van der Waals surface area contributed by atoms with E-state index in [0.29, 0.717) is 32.4 Å². The Morgan fingerprint density at radius 2 is 1.96 bits per heavy atom. The van der Waals surface area contributed by atoms with Gasteiger partial charge in [0.1, 0.15) is 6.54 Å². The number of halogens is 4. The van der Waals surface area contributed by atoms with Gasteiger partial charge in [-0.15, -0.1) is 0 Å². The first-order valence-corrected chi connectivity index (χ1v) is 8.90. The molecule has 0 radical (unpaired) electrons. The standard InChI is InChI=1S/C19H16ClF3N4/c1-2-5-26-10-12(8-25-26)15-6-13(20)7-16-14-3-4-24-9-17(14)27(18(15)16)11-19(21,22)23/h3-4,6-10H,2,5,11H2,1H3. The number of pyridine rings is 1. The first-order valence-electron chi connectivity index (χ1n) is 8.52. The van der Waals surface area contributed by atoms with Gasteiger partial charge in [0.25, 0.3) is 0 Å².